The number of fused-ring (bicyclic) bond motifs is 3. The van der Waals surface area contributed by atoms with Gasteiger partial charge in [0, 0.05) is 13.1 Å². The number of aromatic nitrogens is 3. The molecule has 0 saturated carbocycles. The summed E-state index contributed by atoms with van der Waals surface area (Å²) in [5.41, 5.74) is 4.51. The Bertz CT molecular complexity index is 1400. The fourth-order valence-corrected chi connectivity index (χ4v) is 4.35. The number of benzene rings is 3. The van der Waals surface area contributed by atoms with Crippen LogP contribution in [0.1, 0.15) is 21.5 Å². The van der Waals surface area contributed by atoms with Gasteiger partial charge in [0.1, 0.15) is 0 Å². The Morgan fingerprint density at radius 2 is 1.44 bits per heavy atom. The zero-order chi connectivity index (χ0) is 21.9. The Morgan fingerprint density at radius 3 is 2.06 bits per heavy atom. The van der Waals surface area contributed by atoms with Gasteiger partial charge in [-0.25, -0.2) is 4.68 Å². The van der Waals surface area contributed by atoms with E-state index in [1.165, 1.54) is 11.1 Å². The predicted molar refractivity (Wildman–Crippen MR) is 129 cm³/mol. The Labute approximate surface area is 191 Å². The number of carbonyl (C=O) groups excluding carboxylic acids is 1. The molecule has 2 aromatic heterocycles. The van der Waals surface area contributed by atoms with Crippen LogP contribution in [0.25, 0.3) is 16.6 Å². The van der Waals surface area contributed by atoms with Crippen LogP contribution in [0, 0.1) is 4.77 Å². The Morgan fingerprint density at radius 1 is 0.844 bits per heavy atom. The van der Waals surface area contributed by atoms with E-state index < -0.39 is 0 Å². The summed E-state index contributed by atoms with van der Waals surface area (Å²) in [5.74, 6) is 0. The van der Waals surface area contributed by atoms with Gasteiger partial charge in [-0.2, -0.15) is 0 Å². The van der Waals surface area contributed by atoms with Gasteiger partial charge < -0.3 is 0 Å². The Balaban J connectivity index is 1.57. The minimum absolute atomic E-state index is 0.511. The molecule has 5 aromatic rings. The number of hydrogen-bond donors (Lipinski definition) is 0. The fourth-order valence-electron chi connectivity index (χ4n) is 4.06. The average molecular weight is 439 g/mol. The number of carbonyl (C=O) groups is 1. The summed E-state index contributed by atoms with van der Waals surface area (Å²) >= 11 is 5.83. The van der Waals surface area contributed by atoms with Crippen molar-refractivity contribution in [3.63, 3.8) is 0 Å². The molecule has 0 spiro atoms. The summed E-state index contributed by atoms with van der Waals surface area (Å²) in [6, 6.07) is 30.5. The normalized spacial score (nSPS) is 11.4. The Hall–Kier alpha value is -3.61. The standard InChI is InChI=1S/C26H22N4OS/c31-18-23-15-22-13-7-8-14-24(22)30-25(23)27-29(26(30)32)19-28(16-20-9-3-1-4-10-20)17-21-11-5-2-6-12-21/h1-15,18H,16-17,19H2. The summed E-state index contributed by atoms with van der Waals surface area (Å²) < 4.78 is 4.29. The molecule has 2 heterocycles. The van der Waals surface area contributed by atoms with Crippen LogP contribution in [0.15, 0.2) is 91.0 Å². The second kappa shape index (κ2) is 8.86. The molecule has 0 atom stereocenters. The fraction of sp³-hybridized carbons (Fsp3) is 0.115. The molecule has 6 heteroatoms. The highest BCUT2D eigenvalue weighted by molar-refractivity contribution is 7.71. The summed E-state index contributed by atoms with van der Waals surface area (Å²) in [6.07, 6.45) is 0.847. The molecule has 0 radical (unpaired) electrons. The van der Waals surface area contributed by atoms with Crippen molar-refractivity contribution < 1.29 is 4.79 Å². The van der Waals surface area contributed by atoms with E-state index in [-0.39, 0.29) is 0 Å². The monoisotopic (exact) mass is 438 g/mol. The topological polar surface area (TPSA) is 42.5 Å². The second-order valence-corrected chi connectivity index (χ2v) is 8.18. The van der Waals surface area contributed by atoms with Gasteiger partial charge >= 0.3 is 0 Å². The Kier molecular flexibility index (Phi) is 5.62. The van der Waals surface area contributed by atoms with Gasteiger partial charge in [0.15, 0.2) is 11.9 Å². The number of rotatable bonds is 7. The van der Waals surface area contributed by atoms with Crippen LogP contribution in [0.3, 0.4) is 0 Å². The van der Waals surface area contributed by atoms with E-state index in [2.05, 4.69) is 53.4 Å². The lowest BCUT2D eigenvalue weighted by Crippen LogP contribution is -2.26. The molecule has 0 bridgehead atoms. The molecule has 5 rings (SSSR count). The molecule has 0 aliphatic carbocycles. The SMILES string of the molecule is O=Cc1cc2ccccc2n2c(=S)n(CN(Cc3ccccc3)Cc3ccccc3)nc12. The number of aldehydes is 1. The molecule has 0 N–H and O–H groups in total. The van der Waals surface area contributed by atoms with E-state index >= 15 is 0 Å². The van der Waals surface area contributed by atoms with Crippen molar-refractivity contribution in [1.82, 2.24) is 19.1 Å². The first-order valence-electron chi connectivity index (χ1n) is 10.5. The van der Waals surface area contributed by atoms with E-state index in [1.807, 2.05) is 51.5 Å². The van der Waals surface area contributed by atoms with Crippen molar-refractivity contribution in [3.8, 4) is 0 Å². The van der Waals surface area contributed by atoms with Crippen molar-refractivity contribution in [1.29, 1.82) is 0 Å². The molecular formula is C26H22N4OS. The summed E-state index contributed by atoms with van der Waals surface area (Å²) in [4.78, 5) is 14.1. The third-order valence-electron chi connectivity index (χ3n) is 5.55. The molecule has 0 aliphatic rings. The molecule has 32 heavy (non-hydrogen) atoms. The molecular weight excluding hydrogens is 416 g/mol. The van der Waals surface area contributed by atoms with Crippen molar-refractivity contribution in [3.05, 3.63) is 112 Å². The third-order valence-corrected chi connectivity index (χ3v) is 5.94. The van der Waals surface area contributed by atoms with Gasteiger partial charge in [-0.3, -0.25) is 14.1 Å². The minimum atomic E-state index is 0.511. The smallest absolute Gasteiger partial charge is 0.204 e. The maximum atomic E-state index is 11.8. The quantitative estimate of drug-likeness (QED) is 0.249. The molecule has 0 amide bonds. The summed E-state index contributed by atoms with van der Waals surface area (Å²) in [7, 11) is 0. The van der Waals surface area contributed by atoms with E-state index in [1.54, 1.807) is 0 Å². The van der Waals surface area contributed by atoms with Gasteiger partial charge in [-0.1, -0.05) is 78.9 Å². The number of pyridine rings is 1. The largest absolute Gasteiger partial charge is 0.298 e. The molecule has 0 aliphatic heterocycles. The molecule has 0 unspecified atom stereocenters. The molecule has 0 fully saturated rings. The molecule has 3 aromatic carbocycles. The van der Waals surface area contributed by atoms with Crippen molar-refractivity contribution in [2.45, 2.75) is 19.8 Å². The van der Waals surface area contributed by atoms with E-state index in [0.29, 0.717) is 22.7 Å². The highest BCUT2D eigenvalue weighted by Crippen LogP contribution is 2.21. The van der Waals surface area contributed by atoms with Gasteiger partial charge in [0.2, 0.25) is 4.77 Å². The summed E-state index contributed by atoms with van der Waals surface area (Å²) in [5, 5.41) is 5.72. The van der Waals surface area contributed by atoms with Gasteiger partial charge in [0.05, 0.1) is 17.7 Å². The van der Waals surface area contributed by atoms with Crippen LogP contribution in [-0.4, -0.2) is 25.4 Å². The lowest BCUT2D eigenvalue weighted by Gasteiger charge is -2.22. The lowest BCUT2D eigenvalue weighted by molar-refractivity contribution is 0.112. The van der Waals surface area contributed by atoms with Crippen LogP contribution in [0.4, 0.5) is 0 Å². The minimum Gasteiger partial charge on any atom is -0.298 e. The highest BCUT2D eigenvalue weighted by Gasteiger charge is 2.15. The van der Waals surface area contributed by atoms with Crippen LogP contribution in [-0.2, 0) is 19.8 Å². The van der Waals surface area contributed by atoms with Crippen molar-refractivity contribution in [2.24, 2.45) is 0 Å². The van der Waals surface area contributed by atoms with Crippen molar-refractivity contribution in [2.75, 3.05) is 0 Å². The number of nitrogens with zero attached hydrogens (tertiary/aromatic N) is 4. The molecule has 158 valence electrons. The number of hydrogen-bond acceptors (Lipinski definition) is 4. The van der Waals surface area contributed by atoms with Gasteiger partial charge in [-0.05, 0) is 40.9 Å². The number of para-hydroxylation sites is 1. The first kappa shape index (κ1) is 20.3. The van der Waals surface area contributed by atoms with Gasteiger partial charge in [-0.15, -0.1) is 5.10 Å². The highest BCUT2D eigenvalue weighted by atomic mass is 32.1. The maximum absolute atomic E-state index is 11.8. The van der Waals surface area contributed by atoms with Crippen LogP contribution < -0.4 is 0 Å². The first-order valence-corrected chi connectivity index (χ1v) is 10.9. The average Bonchev–Trinajstić information content (AvgIpc) is 3.16. The molecule has 0 saturated heterocycles. The van der Waals surface area contributed by atoms with Crippen LogP contribution in [0.2, 0.25) is 0 Å². The molecule has 5 nitrogen and oxygen atoms in total. The van der Waals surface area contributed by atoms with E-state index in [4.69, 9.17) is 17.3 Å². The zero-order valence-electron chi connectivity index (χ0n) is 17.5. The first-order chi connectivity index (χ1) is 15.7. The predicted octanol–water partition coefficient (Wildman–Crippen LogP) is 5.49. The van der Waals surface area contributed by atoms with Gasteiger partial charge in [0.25, 0.3) is 0 Å². The third kappa shape index (κ3) is 3.98. The van der Waals surface area contributed by atoms with E-state index in [9.17, 15) is 4.79 Å². The van der Waals surface area contributed by atoms with Crippen molar-refractivity contribution >= 4 is 35.1 Å². The lowest BCUT2D eigenvalue weighted by atomic mass is 10.1. The summed E-state index contributed by atoms with van der Waals surface area (Å²) in [6.45, 7) is 2.02. The zero-order valence-corrected chi connectivity index (χ0v) is 18.3. The second-order valence-electron chi connectivity index (χ2n) is 7.82. The van der Waals surface area contributed by atoms with E-state index in [0.717, 1.165) is 30.3 Å². The maximum Gasteiger partial charge on any atom is 0.204 e. The van der Waals surface area contributed by atoms with Crippen LogP contribution in [0.5, 0.6) is 0 Å². The van der Waals surface area contributed by atoms with Crippen LogP contribution >= 0.6 is 12.2 Å².